The maximum absolute atomic E-state index is 13.1. The minimum Gasteiger partial charge on any atom is -0.505 e. The van der Waals surface area contributed by atoms with E-state index in [0.29, 0.717) is 6.54 Å². The number of hydrogen-bond acceptors (Lipinski definition) is 2. The summed E-state index contributed by atoms with van der Waals surface area (Å²) in [6.07, 6.45) is 8.33. The van der Waals surface area contributed by atoms with Crippen LogP contribution in [0.25, 0.3) is 0 Å². The Morgan fingerprint density at radius 3 is 2.45 bits per heavy atom. The van der Waals surface area contributed by atoms with E-state index >= 15 is 0 Å². The number of phenols is 1. The molecule has 0 saturated heterocycles. The van der Waals surface area contributed by atoms with Crippen LogP contribution in [0, 0.1) is 5.82 Å². The largest absolute Gasteiger partial charge is 0.505 e. The Kier molecular flexibility index (Phi) is 7.70. The van der Waals surface area contributed by atoms with Gasteiger partial charge in [-0.3, -0.25) is 4.79 Å². The van der Waals surface area contributed by atoms with Crippen molar-refractivity contribution in [1.82, 2.24) is 5.32 Å². The Bertz CT molecular complexity index is 421. The van der Waals surface area contributed by atoms with Crippen molar-refractivity contribution < 1.29 is 14.3 Å². The van der Waals surface area contributed by atoms with E-state index in [-0.39, 0.29) is 11.5 Å². The highest BCUT2D eigenvalue weighted by molar-refractivity contribution is 5.94. The van der Waals surface area contributed by atoms with Gasteiger partial charge in [0.15, 0.2) is 11.6 Å². The van der Waals surface area contributed by atoms with Gasteiger partial charge in [-0.25, -0.2) is 4.39 Å². The van der Waals surface area contributed by atoms with Crippen LogP contribution < -0.4 is 5.32 Å². The Balaban J connectivity index is 2.15. The predicted molar refractivity (Wildman–Crippen MR) is 78.4 cm³/mol. The molecule has 0 aromatic heterocycles. The minimum absolute atomic E-state index is 0.239. The zero-order valence-corrected chi connectivity index (χ0v) is 12.1. The molecule has 112 valence electrons. The molecule has 3 nitrogen and oxygen atoms in total. The molecule has 4 heteroatoms. The van der Waals surface area contributed by atoms with Gasteiger partial charge < -0.3 is 10.4 Å². The van der Waals surface area contributed by atoms with Gasteiger partial charge in [-0.05, 0) is 24.6 Å². The Hall–Kier alpha value is -1.58. The third kappa shape index (κ3) is 6.04. The van der Waals surface area contributed by atoms with Crippen molar-refractivity contribution in [3.05, 3.63) is 29.6 Å². The van der Waals surface area contributed by atoms with Crippen molar-refractivity contribution in [3.8, 4) is 5.75 Å². The highest BCUT2D eigenvalue weighted by atomic mass is 19.1. The molecule has 0 saturated carbocycles. The van der Waals surface area contributed by atoms with Gasteiger partial charge in [0, 0.05) is 12.1 Å². The lowest BCUT2D eigenvalue weighted by atomic mass is 10.1. The second kappa shape index (κ2) is 9.34. The number of benzene rings is 1. The van der Waals surface area contributed by atoms with E-state index in [4.69, 9.17) is 5.11 Å². The second-order valence-electron chi connectivity index (χ2n) is 5.04. The molecule has 0 aliphatic carbocycles. The molecule has 2 N–H and O–H groups in total. The summed E-state index contributed by atoms with van der Waals surface area (Å²) in [4.78, 5) is 11.7. The van der Waals surface area contributed by atoms with E-state index in [1.807, 2.05) is 0 Å². The maximum Gasteiger partial charge on any atom is 0.251 e. The SMILES string of the molecule is CCCCCCCCCNC(=O)c1ccc(O)c(F)c1. The summed E-state index contributed by atoms with van der Waals surface area (Å²) in [5.41, 5.74) is 0.239. The van der Waals surface area contributed by atoms with Crippen LogP contribution in [0.4, 0.5) is 4.39 Å². The molecule has 1 aromatic rings. The quantitative estimate of drug-likeness (QED) is 0.672. The molecule has 0 aliphatic rings. The normalized spacial score (nSPS) is 10.5. The van der Waals surface area contributed by atoms with Crippen LogP contribution in [0.2, 0.25) is 0 Å². The number of hydrogen-bond donors (Lipinski definition) is 2. The minimum atomic E-state index is -0.770. The monoisotopic (exact) mass is 281 g/mol. The maximum atomic E-state index is 13.1. The van der Waals surface area contributed by atoms with Gasteiger partial charge in [0.1, 0.15) is 0 Å². The molecule has 0 fully saturated rings. The molecule has 20 heavy (non-hydrogen) atoms. The molecule has 1 aromatic carbocycles. The Labute approximate surface area is 120 Å². The van der Waals surface area contributed by atoms with E-state index in [9.17, 15) is 9.18 Å². The van der Waals surface area contributed by atoms with Gasteiger partial charge in [0.05, 0.1) is 0 Å². The van der Waals surface area contributed by atoms with Crippen molar-refractivity contribution in [2.45, 2.75) is 51.9 Å². The van der Waals surface area contributed by atoms with E-state index in [2.05, 4.69) is 12.2 Å². The first-order chi connectivity index (χ1) is 9.65. The van der Waals surface area contributed by atoms with Crippen molar-refractivity contribution >= 4 is 5.91 Å². The van der Waals surface area contributed by atoms with Crippen LogP contribution in [-0.2, 0) is 0 Å². The fourth-order valence-corrected chi connectivity index (χ4v) is 2.03. The molecular weight excluding hydrogens is 257 g/mol. The molecule has 0 bridgehead atoms. The number of carbonyl (C=O) groups excluding carboxylic acids is 1. The molecule has 0 heterocycles. The van der Waals surface area contributed by atoms with Crippen molar-refractivity contribution in [2.75, 3.05) is 6.54 Å². The average molecular weight is 281 g/mol. The average Bonchev–Trinajstić information content (AvgIpc) is 2.44. The van der Waals surface area contributed by atoms with E-state index in [1.54, 1.807) is 0 Å². The first kappa shape index (κ1) is 16.5. The van der Waals surface area contributed by atoms with Crippen LogP contribution in [-0.4, -0.2) is 17.6 Å². The Morgan fingerprint density at radius 2 is 1.80 bits per heavy atom. The van der Waals surface area contributed by atoms with Crippen LogP contribution >= 0.6 is 0 Å². The summed E-state index contributed by atoms with van der Waals surface area (Å²) in [7, 11) is 0. The van der Waals surface area contributed by atoms with Gasteiger partial charge >= 0.3 is 0 Å². The topological polar surface area (TPSA) is 49.3 Å². The van der Waals surface area contributed by atoms with Crippen LogP contribution in [0.5, 0.6) is 5.75 Å². The fourth-order valence-electron chi connectivity index (χ4n) is 2.03. The third-order valence-electron chi connectivity index (χ3n) is 3.28. The number of nitrogens with one attached hydrogen (secondary N) is 1. The lowest BCUT2D eigenvalue weighted by Gasteiger charge is -2.06. The summed E-state index contributed by atoms with van der Waals surface area (Å²) in [5, 5.41) is 11.8. The number of rotatable bonds is 9. The van der Waals surface area contributed by atoms with E-state index < -0.39 is 11.6 Å². The lowest BCUT2D eigenvalue weighted by Crippen LogP contribution is -2.24. The first-order valence-corrected chi connectivity index (χ1v) is 7.42. The number of carbonyl (C=O) groups is 1. The van der Waals surface area contributed by atoms with Crippen LogP contribution in [0.1, 0.15) is 62.2 Å². The number of halogens is 1. The van der Waals surface area contributed by atoms with Crippen LogP contribution in [0.3, 0.4) is 0 Å². The molecule has 0 unspecified atom stereocenters. The summed E-state index contributed by atoms with van der Waals surface area (Å²) in [5.74, 6) is -1.50. The molecule has 1 rings (SSSR count). The standard InChI is InChI=1S/C16H24FNO2/c1-2-3-4-5-6-7-8-11-18-16(20)13-9-10-15(19)14(17)12-13/h9-10,12,19H,2-8,11H2,1H3,(H,18,20). The van der Waals surface area contributed by atoms with Crippen molar-refractivity contribution in [3.63, 3.8) is 0 Å². The summed E-state index contributed by atoms with van der Waals surface area (Å²) in [6, 6.07) is 3.66. The molecule has 0 aliphatic heterocycles. The highest BCUT2D eigenvalue weighted by Crippen LogP contribution is 2.16. The summed E-state index contributed by atoms with van der Waals surface area (Å²) < 4.78 is 13.1. The van der Waals surface area contributed by atoms with Crippen LogP contribution in [0.15, 0.2) is 18.2 Å². The smallest absolute Gasteiger partial charge is 0.251 e. The fraction of sp³-hybridized carbons (Fsp3) is 0.562. The van der Waals surface area contributed by atoms with Gasteiger partial charge in [-0.1, -0.05) is 45.4 Å². The van der Waals surface area contributed by atoms with Crippen molar-refractivity contribution in [2.24, 2.45) is 0 Å². The summed E-state index contributed by atoms with van der Waals surface area (Å²) in [6.45, 7) is 2.80. The zero-order valence-electron chi connectivity index (χ0n) is 12.1. The highest BCUT2D eigenvalue weighted by Gasteiger charge is 2.08. The Morgan fingerprint density at radius 1 is 1.15 bits per heavy atom. The molecule has 0 radical (unpaired) electrons. The predicted octanol–water partition coefficient (Wildman–Crippen LogP) is 4.01. The second-order valence-corrected chi connectivity index (χ2v) is 5.04. The van der Waals surface area contributed by atoms with Gasteiger partial charge in [0.25, 0.3) is 5.91 Å². The molecule has 1 amide bonds. The number of aromatic hydroxyl groups is 1. The number of amides is 1. The zero-order chi connectivity index (χ0) is 14.8. The first-order valence-electron chi connectivity index (χ1n) is 7.42. The lowest BCUT2D eigenvalue weighted by molar-refractivity contribution is 0.0952. The molecule has 0 spiro atoms. The third-order valence-corrected chi connectivity index (χ3v) is 3.28. The summed E-state index contributed by atoms with van der Waals surface area (Å²) >= 11 is 0. The number of phenolic OH excluding ortho intramolecular Hbond substituents is 1. The van der Waals surface area contributed by atoms with Gasteiger partial charge in [0.2, 0.25) is 0 Å². The van der Waals surface area contributed by atoms with Gasteiger partial charge in [-0.15, -0.1) is 0 Å². The number of unbranched alkanes of at least 4 members (excludes halogenated alkanes) is 6. The van der Waals surface area contributed by atoms with E-state index in [0.717, 1.165) is 18.9 Å². The van der Waals surface area contributed by atoms with Crippen molar-refractivity contribution in [1.29, 1.82) is 0 Å². The molecular formula is C16H24FNO2. The van der Waals surface area contributed by atoms with E-state index in [1.165, 1.54) is 44.2 Å². The van der Waals surface area contributed by atoms with Gasteiger partial charge in [-0.2, -0.15) is 0 Å². The molecule has 0 atom stereocenters.